The van der Waals surface area contributed by atoms with Gasteiger partial charge in [0, 0.05) is 39.1 Å². The van der Waals surface area contributed by atoms with E-state index in [0.717, 1.165) is 31.7 Å². The molecule has 0 radical (unpaired) electrons. The summed E-state index contributed by atoms with van der Waals surface area (Å²) < 4.78 is 5.25. The summed E-state index contributed by atoms with van der Waals surface area (Å²) in [6.07, 6.45) is 5.12. The van der Waals surface area contributed by atoms with Crippen molar-refractivity contribution in [3.8, 4) is 5.88 Å². The van der Waals surface area contributed by atoms with E-state index in [1.807, 2.05) is 14.0 Å². The van der Waals surface area contributed by atoms with Crippen LogP contribution in [0, 0.1) is 0 Å². The maximum atomic E-state index is 12.0. The Kier molecular flexibility index (Phi) is 5.19. The summed E-state index contributed by atoms with van der Waals surface area (Å²) in [7, 11) is 3.43. The van der Waals surface area contributed by atoms with Crippen LogP contribution in [-0.4, -0.2) is 60.7 Å². The Hall–Kier alpha value is -2.05. The molecule has 1 atom stereocenters. The molecule has 0 aliphatic carbocycles. The van der Waals surface area contributed by atoms with Crippen LogP contribution in [0.4, 0.5) is 10.6 Å². The number of amides is 2. The SMILES string of the molecule is CCCNC(=O)N(C)[C@H]1CCN(c2nccnc2OC)C1. The summed E-state index contributed by atoms with van der Waals surface area (Å²) in [4.78, 5) is 24.4. The third kappa shape index (κ3) is 3.53. The topological polar surface area (TPSA) is 70.6 Å². The predicted molar refractivity (Wildman–Crippen MR) is 80.7 cm³/mol. The van der Waals surface area contributed by atoms with Crippen LogP contribution in [-0.2, 0) is 0 Å². The number of rotatable bonds is 5. The molecule has 1 aliphatic rings. The lowest BCUT2D eigenvalue weighted by atomic mass is 10.2. The van der Waals surface area contributed by atoms with Crippen LogP contribution in [0.1, 0.15) is 19.8 Å². The molecule has 1 aliphatic heterocycles. The molecule has 2 amide bonds. The average Bonchev–Trinajstić information content (AvgIpc) is 3.01. The van der Waals surface area contributed by atoms with E-state index in [1.54, 1.807) is 24.4 Å². The first-order valence-electron chi connectivity index (χ1n) is 7.28. The highest BCUT2D eigenvalue weighted by Gasteiger charge is 2.30. The summed E-state index contributed by atoms with van der Waals surface area (Å²) in [5.74, 6) is 1.26. The molecule has 7 heteroatoms. The molecule has 1 aromatic rings. The molecule has 2 heterocycles. The molecule has 116 valence electrons. The monoisotopic (exact) mass is 293 g/mol. The minimum absolute atomic E-state index is 0.0187. The van der Waals surface area contributed by atoms with Crippen molar-refractivity contribution in [3.05, 3.63) is 12.4 Å². The van der Waals surface area contributed by atoms with Crippen molar-refractivity contribution in [1.29, 1.82) is 0 Å². The van der Waals surface area contributed by atoms with Crippen molar-refractivity contribution < 1.29 is 9.53 Å². The number of nitrogens with one attached hydrogen (secondary N) is 1. The predicted octanol–water partition coefficient (Wildman–Crippen LogP) is 1.12. The molecule has 1 saturated heterocycles. The summed E-state index contributed by atoms with van der Waals surface area (Å²) in [6, 6.07) is 0.156. The van der Waals surface area contributed by atoms with Gasteiger partial charge in [0.1, 0.15) is 0 Å². The summed E-state index contributed by atoms with van der Waals surface area (Å²) >= 11 is 0. The van der Waals surface area contributed by atoms with E-state index in [9.17, 15) is 4.79 Å². The third-order valence-electron chi connectivity index (χ3n) is 3.70. The molecule has 7 nitrogen and oxygen atoms in total. The van der Waals surface area contributed by atoms with Crippen LogP contribution in [0.25, 0.3) is 0 Å². The number of methoxy groups -OCH3 is 1. The molecule has 0 aromatic carbocycles. The Balaban J connectivity index is 1.98. The smallest absolute Gasteiger partial charge is 0.317 e. The summed E-state index contributed by atoms with van der Waals surface area (Å²) in [6.45, 7) is 4.33. The van der Waals surface area contributed by atoms with Gasteiger partial charge in [-0.05, 0) is 12.8 Å². The van der Waals surface area contributed by atoms with Gasteiger partial charge in [0.05, 0.1) is 13.2 Å². The van der Waals surface area contributed by atoms with Crippen LogP contribution in [0.5, 0.6) is 5.88 Å². The zero-order chi connectivity index (χ0) is 15.2. The van der Waals surface area contributed by atoms with Crippen molar-refractivity contribution in [1.82, 2.24) is 20.2 Å². The minimum Gasteiger partial charge on any atom is -0.478 e. The van der Waals surface area contributed by atoms with Gasteiger partial charge in [-0.1, -0.05) is 6.92 Å². The van der Waals surface area contributed by atoms with E-state index in [0.29, 0.717) is 12.4 Å². The highest BCUT2D eigenvalue weighted by Crippen LogP contribution is 2.27. The fourth-order valence-corrected chi connectivity index (χ4v) is 2.45. The second kappa shape index (κ2) is 7.10. The van der Waals surface area contributed by atoms with Gasteiger partial charge in [0.15, 0.2) is 5.82 Å². The van der Waals surface area contributed by atoms with Crippen LogP contribution >= 0.6 is 0 Å². The van der Waals surface area contributed by atoms with E-state index in [-0.39, 0.29) is 12.1 Å². The number of likely N-dealkylation sites (N-methyl/N-ethyl adjacent to an activating group) is 1. The number of hydrogen-bond donors (Lipinski definition) is 1. The van der Waals surface area contributed by atoms with Gasteiger partial charge < -0.3 is 19.9 Å². The number of nitrogens with zero attached hydrogens (tertiary/aromatic N) is 4. The lowest BCUT2D eigenvalue weighted by Crippen LogP contribution is -2.45. The van der Waals surface area contributed by atoms with Crippen LogP contribution < -0.4 is 15.0 Å². The Bertz CT molecular complexity index is 482. The van der Waals surface area contributed by atoms with Gasteiger partial charge in [0.25, 0.3) is 5.88 Å². The second-order valence-corrected chi connectivity index (χ2v) is 5.12. The van der Waals surface area contributed by atoms with E-state index >= 15 is 0 Å². The molecule has 1 N–H and O–H groups in total. The number of aromatic nitrogens is 2. The zero-order valence-electron chi connectivity index (χ0n) is 12.9. The molecule has 0 saturated carbocycles. The number of hydrogen-bond acceptors (Lipinski definition) is 5. The fourth-order valence-electron chi connectivity index (χ4n) is 2.45. The lowest BCUT2D eigenvalue weighted by molar-refractivity contribution is 0.194. The van der Waals surface area contributed by atoms with Crippen LogP contribution in [0.15, 0.2) is 12.4 Å². The Morgan fingerprint density at radius 3 is 3.00 bits per heavy atom. The first-order valence-corrected chi connectivity index (χ1v) is 7.28. The quantitative estimate of drug-likeness (QED) is 0.881. The molecular formula is C14H23N5O2. The van der Waals surface area contributed by atoms with Crippen molar-refractivity contribution in [2.75, 3.05) is 38.7 Å². The first-order chi connectivity index (χ1) is 10.2. The van der Waals surface area contributed by atoms with E-state index in [1.165, 1.54) is 0 Å². The van der Waals surface area contributed by atoms with Gasteiger partial charge in [-0.2, -0.15) is 0 Å². The van der Waals surface area contributed by atoms with E-state index in [4.69, 9.17) is 4.74 Å². The minimum atomic E-state index is -0.0187. The third-order valence-corrected chi connectivity index (χ3v) is 3.70. The van der Waals surface area contributed by atoms with Crippen LogP contribution in [0.3, 0.4) is 0 Å². The second-order valence-electron chi connectivity index (χ2n) is 5.12. The Morgan fingerprint density at radius 2 is 2.29 bits per heavy atom. The zero-order valence-corrected chi connectivity index (χ0v) is 12.9. The molecule has 0 unspecified atom stereocenters. The Labute approximate surface area is 125 Å². The fraction of sp³-hybridized carbons (Fsp3) is 0.643. The van der Waals surface area contributed by atoms with Crippen molar-refractivity contribution in [2.45, 2.75) is 25.8 Å². The first kappa shape index (κ1) is 15.3. The number of anilines is 1. The lowest BCUT2D eigenvalue weighted by Gasteiger charge is -2.25. The average molecular weight is 293 g/mol. The van der Waals surface area contributed by atoms with E-state index < -0.39 is 0 Å². The standard InChI is InChI=1S/C14H23N5O2/c1-4-6-17-14(20)18(2)11-5-9-19(10-11)12-13(21-3)16-8-7-15-12/h7-8,11H,4-6,9-10H2,1-3H3,(H,17,20)/t11-/m0/s1. The number of carbonyl (C=O) groups is 1. The largest absolute Gasteiger partial charge is 0.478 e. The van der Waals surface area contributed by atoms with Crippen LogP contribution in [0.2, 0.25) is 0 Å². The van der Waals surface area contributed by atoms with E-state index in [2.05, 4.69) is 20.2 Å². The summed E-state index contributed by atoms with van der Waals surface area (Å²) in [5, 5.41) is 2.90. The normalized spacial score (nSPS) is 17.7. The van der Waals surface area contributed by atoms with Gasteiger partial charge in [-0.25, -0.2) is 14.8 Å². The maximum Gasteiger partial charge on any atom is 0.317 e. The highest BCUT2D eigenvalue weighted by atomic mass is 16.5. The number of urea groups is 1. The molecule has 21 heavy (non-hydrogen) atoms. The Morgan fingerprint density at radius 1 is 1.52 bits per heavy atom. The molecule has 1 aromatic heterocycles. The highest BCUT2D eigenvalue weighted by molar-refractivity contribution is 5.74. The number of carbonyl (C=O) groups excluding carboxylic acids is 1. The van der Waals surface area contributed by atoms with Crippen molar-refractivity contribution in [2.24, 2.45) is 0 Å². The number of ether oxygens (including phenoxy) is 1. The van der Waals surface area contributed by atoms with Gasteiger partial charge >= 0.3 is 6.03 Å². The van der Waals surface area contributed by atoms with Gasteiger partial charge in [-0.15, -0.1) is 0 Å². The van der Waals surface area contributed by atoms with Crippen molar-refractivity contribution >= 4 is 11.8 Å². The molecule has 1 fully saturated rings. The molecule has 2 rings (SSSR count). The van der Waals surface area contributed by atoms with Gasteiger partial charge in [-0.3, -0.25) is 0 Å². The molecule has 0 bridgehead atoms. The van der Waals surface area contributed by atoms with Crippen molar-refractivity contribution in [3.63, 3.8) is 0 Å². The van der Waals surface area contributed by atoms with Gasteiger partial charge in [0.2, 0.25) is 0 Å². The summed E-state index contributed by atoms with van der Waals surface area (Å²) in [5.41, 5.74) is 0. The molecule has 0 spiro atoms. The maximum absolute atomic E-state index is 12.0. The molecular weight excluding hydrogens is 270 g/mol.